The van der Waals surface area contributed by atoms with Crippen molar-refractivity contribution < 1.29 is 91.4 Å². The van der Waals surface area contributed by atoms with Crippen molar-refractivity contribution in [3.8, 4) is 33.8 Å². The Morgan fingerprint density at radius 3 is 1.28 bits per heavy atom. The third-order valence-corrected chi connectivity index (χ3v) is 22.4. The van der Waals surface area contributed by atoms with Gasteiger partial charge in [-0.25, -0.2) is 24.0 Å². The van der Waals surface area contributed by atoms with E-state index in [1.54, 1.807) is 132 Å². The second kappa shape index (κ2) is 54.8. The fourth-order valence-corrected chi connectivity index (χ4v) is 15.3. The molecule has 0 radical (unpaired) electrons. The van der Waals surface area contributed by atoms with Crippen LogP contribution in [0.4, 0.5) is 9.59 Å². The van der Waals surface area contributed by atoms with E-state index >= 15 is 0 Å². The van der Waals surface area contributed by atoms with Gasteiger partial charge in [-0.15, -0.1) is 0 Å². The molecule has 0 spiro atoms. The van der Waals surface area contributed by atoms with E-state index < -0.39 is 119 Å². The number of carboxylic acid groups (broad SMARTS) is 2. The molecule has 2 heterocycles. The molecular formula is C102H145N7O19. The molecule has 8 rings (SSSR count). The number of ketones is 3. The quantitative estimate of drug-likeness (QED) is 0.00953. The van der Waals surface area contributed by atoms with Gasteiger partial charge in [0.2, 0.25) is 23.6 Å². The number of hydrogen-bond acceptors (Lipinski definition) is 18. The lowest BCUT2D eigenvalue weighted by Gasteiger charge is -2.32. The molecule has 0 unspecified atom stereocenters. The summed E-state index contributed by atoms with van der Waals surface area (Å²) >= 11 is 0. The number of hydrogen-bond donors (Lipinski definition) is 7. The van der Waals surface area contributed by atoms with Crippen LogP contribution in [0, 0.1) is 17.8 Å². The predicted octanol–water partition coefficient (Wildman–Crippen LogP) is 18.3. The number of benzene rings is 6. The third-order valence-electron chi connectivity index (χ3n) is 22.4. The van der Waals surface area contributed by atoms with Crippen molar-refractivity contribution in [2.75, 3.05) is 48.5 Å². The zero-order valence-corrected chi connectivity index (χ0v) is 76.7. The normalized spacial score (nSPS) is 17.5. The summed E-state index contributed by atoms with van der Waals surface area (Å²) < 4.78 is 26.7. The number of nitrogens with one attached hydrogen (secondary N) is 4. The number of unbranched alkanes of at least 4 members (excludes halogenated alkanes) is 4. The van der Waals surface area contributed by atoms with Crippen LogP contribution in [-0.4, -0.2) is 169 Å². The molecule has 6 amide bonds. The molecule has 0 fully saturated rings. The highest BCUT2D eigenvalue weighted by Crippen LogP contribution is 2.36. The SMILES string of the molecule is C.C.CCCCc1ccc(-c2ccc(C(=O)C[C@@H](CCCCNC(=O)OC(C)(C)C)C(=O)N(C)[C@@H]3C(=O)C[C@@H](C)C(=O)N[C@H](C(=O)O)CCCCCc4cc3ccc4OC)cc2)cc1.CCCCc1ccc(-c2ccc(C(=O)O)cc2)cc1.COC(=O)[C@@H]1CCCCCc2cc(ccc2OC)[C@H](N(C)C(=O)[C@@H](N)CCCCNC(=O)OC(C)(C)C)C(=O)C[C@@H](C)C(=O)N1. The monoisotopic (exact) mass is 1770 g/mol. The third kappa shape index (κ3) is 36.1. The highest BCUT2D eigenvalue weighted by atomic mass is 16.6. The van der Waals surface area contributed by atoms with Gasteiger partial charge in [-0.3, -0.25) is 33.6 Å². The van der Waals surface area contributed by atoms with Crippen LogP contribution in [0.1, 0.15) is 285 Å². The summed E-state index contributed by atoms with van der Waals surface area (Å²) in [5.74, 6) is -6.46. The number of Topliss-reactive ketones (excluding diaryl/α,β-unsaturated/α-hetero) is 3. The molecule has 8 atom stereocenters. The Balaban J connectivity index is 0.000000451. The Hall–Kier alpha value is -11.3. The minimum absolute atomic E-state index is 0. The molecular weight excluding hydrogens is 1630 g/mol. The summed E-state index contributed by atoms with van der Waals surface area (Å²) in [7, 11) is 7.53. The number of fused-ring (bicyclic) bond motifs is 4. The number of aliphatic carboxylic acids is 1. The van der Waals surface area contributed by atoms with E-state index in [1.807, 2.05) is 36.4 Å². The first kappa shape index (κ1) is 109. The second-order valence-corrected chi connectivity index (χ2v) is 35.0. The molecule has 0 saturated heterocycles. The summed E-state index contributed by atoms with van der Waals surface area (Å²) in [6.45, 7) is 18.9. The predicted molar refractivity (Wildman–Crippen MR) is 500 cm³/mol. The fraction of sp³-hybridized carbons (Fsp3) is 0.529. The Kier molecular flexibility index (Phi) is 46.7. The molecule has 4 bridgehead atoms. The summed E-state index contributed by atoms with van der Waals surface area (Å²) in [5.41, 5.74) is 15.6. The smallest absolute Gasteiger partial charge is 0.407 e. The van der Waals surface area contributed by atoms with Gasteiger partial charge in [-0.1, -0.05) is 185 Å². The van der Waals surface area contributed by atoms with Crippen molar-refractivity contribution >= 4 is 71.1 Å². The number of amides is 6. The maximum atomic E-state index is 14.8. The van der Waals surface area contributed by atoms with Crippen LogP contribution in [0.25, 0.3) is 22.3 Å². The van der Waals surface area contributed by atoms with Crippen molar-refractivity contribution in [1.29, 1.82) is 0 Å². The molecule has 0 aromatic heterocycles. The van der Waals surface area contributed by atoms with Crippen molar-refractivity contribution in [2.45, 2.75) is 286 Å². The number of aromatic carboxylic acids is 1. The minimum Gasteiger partial charge on any atom is -0.496 e. The van der Waals surface area contributed by atoms with Gasteiger partial charge >= 0.3 is 30.1 Å². The van der Waals surface area contributed by atoms with E-state index in [-0.39, 0.29) is 52.1 Å². The number of carbonyl (C=O) groups excluding carboxylic acids is 10. The summed E-state index contributed by atoms with van der Waals surface area (Å²) in [6, 6.07) is 37.3. The largest absolute Gasteiger partial charge is 0.496 e. The molecule has 8 N–H and O–H groups in total. The van der Waals surface area contributed by atoms with Crippen LogP contribution in [0.3, 0.4) is 0 Å². The Labute approximate surface area is 759 Å². The van der Waals surface area contributed by atoms with Crippen LogP contribution in [0.15, 0.2) is 133 Å². The average molecular weight is 1770 g/mol. The summed E-state index contributed by atoms with van der Waals surface area (Å²) in [4.78, 5) is 159. The van der Waals surface area contributed by atoms with Crippen LogP contribution in [0.5, 0.6) is 11.5 Å². The zero-order chi connectivity index (χ0) is 92.8. The molecule has 0 saturated carbocycles. The van der Waals surface area contributed by atoms with Crippen LogP contribution in [-0.2, 0) is 78.3 Å². The van der Waals surface area contributed by atoms with E-state index in [2.05, 4.69) is 83.6 Å². The standard InChI is InChI=1S/C50H67N3O9.C33H52N4O8.C17H18O2.2CH4/c1-8-9-15-34-19-21-35(22-20-34)36-23-25-37(26-24-36)42(54)32-40(17-13-14-29-51-49(60)62-50(3,4)5)47(57)53(6)45-39-27-28-44(61-7)38(31-39)16-11-10-12-18-41(48(58)59)52-46(56)33(2)30-43(45)55;1-21-19-26(38)28(37(5)30(40)24(34)14-11-12-18-35-32(42)45-33(2,3)4)23-16-17-27(43-6)22(20-23)13-9-8-10-15-25(31(41)44-7)36-29(21)39;1-2-3-4-13-5-7-14(8-6-13)15-9-11-16(12-10-15)17(18)19;;/h19-28,31,33,40-41,45H,8-18,29-30,32H2,1-7H3,(H,51,60)(H,52,56)(H,58,59);16-17,20-21,24-25,28H,8-15,18-19,34H2,1-7H3,(H,35,42)(H,36,39);5-12H,2-4H2,1H3,(H,18,19);2*1H4/t33-,40-,41+,45+;21-,24+,25+,28+;;;/m11.../s1. The molecule has 26 nitrogen and oxygen atoms in total. The van der Waals surface area contributed by atoms with Gasteiger partial charge in [0.25, 0.3) is 0 Å². The first-order chi connectivity index (χ1) is 59.9. The zero-order valence-electron chi connectivity index (χ0n) is 76.7. The highest BCUT2D eigenvalue weighted by Gasteiger charge is 2.38. The minimum atomic E-state index is -1.14. The number of ether oxygens (including phenoxy) is 5. The Morgan fingerprint density at radius 1 is 0.500 bits per heavy atom. The highest BCUT2D eigenvalue weighted by molar-refractivity contribution is 6.00. The molecule has 2 aliphatic heterocycles. The number of rotatable bonds is 30. The number of esters is 1. The van der Waals surface area contributed by atoms with Crippen LogP contribution >= 0.6 is 0 Å². The van der Waals surface area contributed by atoms with Gasteiger partial charge in [0.05, 0.1) is 32.9 Å². The van der Waals surface area contributed by atoms with Crippen molar-refractivity contribution in [3.05, 3.63) is 178 Å². The van der Waals surface area contributed by atoms with E-state index in [1.165, 1.54) is 40.9 Å². The van der Waals surface area contributed by atoms with Gasteiger partial charge in [-0.05, 0) is 230 Å². The topological polar surface area (TPSA) is 372 Å². The van der Waals surface area contributed by atoms with Crippen molar-refractivity contribution in [2.24, 2.45) is 23.5 Å². The number of methoxy groups -OCH3 is 3. The van der Waals surface area contributed by atoms with E-state index in [0.29, 0.717) is 130 Å². The lowest BCUT2D eigenvalue weighted by Crippen LogP contribution is -2.47. The van der Waals surface area contributed by atoms with Gasteiger partial charge in [0.1, 0.15) is 46.9 Å². The van der Waals surface area contributed by atoms with E-state index in [0.717, 1.165) is 71.9 Å². The number of aryl methyl sites for hydroxylation is 4. The number of likely N-dealkylation sites (N-methyl/N-ethyl adjacent to an activating group) is 2. The molecule has 6 aromatic rings. The maximum Gasteiger partial charge on any atom is 0.407 e. The average Bonchev–Trinajstić information content (AvgIpc) is 0.848. The lowest BCUT2D eigenvalue weighted by atomic mass is 9.88. The van der Waals surface area contributed by atoms with Gasteiger partial charge in [0.15, 0.2) is 17.3 Å². The van der Waals surface area contributed by atoms with Crippen molar-refractivity contribution in [3.63, 3.8) is 0 Å². The maximum absolute atomic E-state index is 14.8. The second-order valence-electron chi connectivity index (χ2n) is 35.0. The number of nitrogens with two attached hydrogens (primary N) is 1. The molecule has 2 aliphatic rings. The summed E-state index contributed by atoms with van der Waals surface area (Å²) in [6.07, 6.45) is 14.3. The van der Waals surface area contributed by atoms with Gasteiger partial charge in [-0.2, -0.15) is 0 Å². The number of carboxylic acids is 2. The molecule has 6 aromatic carbocycles. The van der Waals surface area contributed by atoms with Gasteiger partial charge in [0, 0.05) is 69.8 Å². The molecule has 702 valence electrons. The summed E-state index contributed by atoms with van der Waals surface area (Å²) in [5, 5.41) is 29.5. The number of nitrogens with zero attached hydrogens (tertiary/aromatic N) is 2. The Bertz CT molecular complexity index is 4560. The molecule has 128 heavy (non-hydrogen) atoms. The van der Waals surface area contributed by atoms with E-state index in [4.69, 9.17) is 34.5 Å². The number of alkyl carbamates (subject to hydrolysis) is 2. The lowest BCUT2D eigenvalue weighted by molar-refractivity contribution is -0.146. The van der Waals surface area contributed by atoms with Crippen LogP contribution in [0.2, 0.25) is 0 Å². The van der Waals surface area contributed by atoms with Gasteiger partial charge < -0.3 is 70.7 Å². The van der Waals surface area contributed by atoms with E-state index in [9.17, 15) is 62.6 Å². The van der Waals surface area contributed by atoms with Crippen molar-refractivity contribution in [1.82, 2.24) is 31.1 Å². The fourth-order valence-electron chi connectivity index (χ4n) is 15.3. The first-order valence-corrected chi connectivity index (χ1v) is 44.6. The first-order valence-electron chi connectivity index (χ1n) is 44.6. The molecule has 26 heteroatoms. The number of carbonyl (C=O) groups is 12. The van der Waals surface area contributed by atoms with Crippen LogP contribution < -0.4 is 36.5 Å². The Morgan fingerprint density at radius 2 is 0.891 bits per heavy atom. The molecule has 0 aliphatic carbocycles.